The van der Waals surface area contributed by atoms with Crippen molar-refractivity contribution in [3.05, 3.63) is 34.6 Å². The standard InChI is InChI=1S/C15H16ClFN2O2/c16-13-6-11(17)2-1-9(13)7-18-15(21)10-5-14(20)19(8-10)12-3-4-12/h1-2,6,10,12H,3-5,7-8H2,(H,18,21). The molecule has 1 atom stereocenters. The predicted octanol–water partition coefficient (Wildman–Crippen LogP) is 2.11. The van der Waals surface area contributed by atoms with Crippen LogP contribution >= 0.6 is 11.6 Å². The summed E-state index contributed by atoms with van der Waals surface area (Å²) in [7, 11) is 0. The van der Waals surface area contributed by atoms with E-state index in [1.54, 1.807) is 6.07 Å². The van der Waals surface area contributed by atoms with E-state index in [1.807, 2.05) is 4.90 Å². The summed E-state index contributed by atoms with van der Waals surface area (Å²) in [4.78, 5) is 25.8. The molecule has 4 nitrogen and oxygen atoms in total. The first-order valence-electron chi connectivity index (χ1n) is 7.05. The molecule has 3 rings (SSSR count). The minimum absolute atomic E-state index is 0.0671. The minimum atomic E-state index is -0.406. The predicted molar refractivity (Wildman–Crippen MR) is 76.1 cm³/mol. The molecule has 0 radical (unpaired) electrons. The molecule has 1 aliphatic carbocycles. The van der Waals surface area contributed by atoms with Crippen molar-refractivity contribution < 1.29 is 14.0 Å². The normalized spacial score (nSPS) is 21.7. The largest absolute Gasteiger partial charge is 0.352 e. The third kappa shape index (κ3) is 3.18. The smallest absolute Gasteiger partial charge is 0.225 e. The van der Waals surface area contributed by atoms with Crippen molar-refractivity contribution in [2.75, 3.05) is 6.54 Å². The first-order valence-corrected chi connectivity index (χ1v) is 7.43. The van der Waals surface area contributed by atoms with Crippen molar-refractivity contribution in [2.24, 2.45) is 5.92 Å². The van der Waals surface area contributed by atoms with Crippen LogP contribution in [-0.2, 0) is 16.1 Å². The number of amides is 2. The molecule has 2 aliphatic rings. The number of likely N-dealkylation sites (tertiary alicyclic amines) is 1. The zero-order valence-electron chi connectivity index (χ0n) is 11.4. The third-order valence-corrected chi connectivity index (χ3v) is 4.34. The van der Waals surface area contributed by atoms with E-state index in [2.05, 4.69) is 5.32 Å². The molecule has 1 aliphatic heterocycles. The Labute approximate surface area is 127 Å². The van der Waals surface area contributed by atoms with Crippen LogP contribution in [0, 0.1) is 11.7 Å². The fourth-order valence-electron chi connectivity index (χ4n) is 2.64. The van der Waals surface area contributed by atoms with E-state index in [-0.39, 0.29) is 35.7 Å². The maximum atomic E-state index is 12.9. The molecule has 0 spiro atoms. The Kier molecular flexibility index (Phi) is 3.85. The fraction of sp³-hybridized carbons (Fsp3) is 0.467. The van der Waals surface area contributed by atoms with Gasteiger partial charge in [0.15, 0.2) is 0 Å². The maximum Gasteiger partial charge on any atom is 0.225 e. The molecule has 2 fully saturated rings. The molecule has 1 saturated heterocycles. The third-order valence-electron chi connectivity index (χ3n) is 3.99. The molecule has 2 amide bonds. The van der Waals surface area contributed by atoms with Crippen molar-refractivity contribution in [3.63, 3.8) is 0 Å². The highest BCUT2D eigenvalue weighted by molar-refractivity contribution is 6.31. The molecule has 1 aromatic rings. The number of nitrogens with zero attached hydrogens (tertiary/aromatic N) is 1. The van der Waals surface area contributed by atoms with Crippen molar-refractivity contribution in [1.82, 2.24) is 10.2 Å². The Bertz CT molecular complexity index is 589. The number of rotatable bonds is 4. The van der Waals surface area contributed by atoms with Gasteiger partial charge in [-0.25, -0.2) is 4.39 Å². The minimum Gasteiger partial charge on any atom is -0.352 e. The van der Waals surface area contributed by atoms with Gasteiger partial charge in [-0.15, -0.1) is 0 Å². The second-order valence-corrected chi connectivity index (χ2v) is 6.04. The SMILES string of the molecule is O=C(NCc1ccc(F)cc1Cl)C1CC(=O)N(C2CC2)C1. The van der Waals surface area contributed by atoms with E-state index in [4.69, 9.17) is 11.6 Å². The van der Waals surface area contributed by atoms with E-state index < -0.39 is 5.82 Å². The fourth-order valence-corrected chi connectivity index (χ4v) is 2.87. The number of halogens is 2. The summed E-state index contributed by atoms with van der Waals surface area (Å²) in [5, 5.41) is 3.07. The van der Waals surface area contributed by atoms with Gasteiger partial charge < -0.3 is 10.2 Å². The molecule has 6 heteroatoms. The Morgan fingerprint density at radius 1 is 1.43 bits per heavy atom. The first-order chi connectivity index (χ1) is 10.0. The number of hydrogen-bond acceptors (Lipinski definition) is 2. The lowest BCUT2D eigenvalue weighted by Crippen LogP contribution is -2.33. The molecule has 1 saturated carbocycles. The van der Waals surface area contributed by atoms with Crippen LogP contribution < -0.4 is 5.32 Å². The topological polar surface area (TPSA) is 49.4 Å². The molecule has 112 valence electrons. The Morgan fingerprint density at radius 3 is 2.86 bits per heavy atom. The van der Waals surface area contributed by atoms with Crippen LogP contribution in [0.25, 0.3) is 0 Å². The van der Waals surface area contributed by atoms with E-state index in [0.29, 0.717) is 18.2 Å². The Morgan fingerprint density at radius 2 is 2.19 bits per heavy atom. The average Bonchev–Trinajstić information content (AvgIpc) is 3.20. The second-order valence-electron chi connectivity index (χ2n) is 5.63. The van der Waals surface area contributed by atoms with Gasteiger partial charge in [0.1, 0.15) is 5.82 Å². The van der Waals surface area contributed by atoms with Gasteiger partial charge in [0, 0.05) is 30.6 Å². The summed E-state index contributed by atoms with van der Waals surface area (Å²) in [5.74, 6) is -0.779. The van der Waals surface area contributed by atoms with Gasteiger partial charge in [0.25, 0.3) is 0 Å². The van der Waals surface area contributed by atoms with E-state index in [9.17, 15) is 14.0 Å². The van der Waals surface area contributed by atoms with Crippen molar-refractivity contribution in [3.8, 4) is 0 Å². The van der Waals surface area contributed by atoms with E-state index in [0.717, 1.165) is 12.8 Å². The lowest BCUT2D eigenvalue weighted by atomic mass is 10.1. The summed E-state index contributed by atoms with van der Waals surface area (Å²) >= 11 is 5.92. The van der Waals surface area contributed by atoms with Gasteiger partial charge in [0.2, 0.25) is 11.8 Å². The highest BCUT2D eigenvalue weighted by atomic mass is 35.5. The monoisotopic (exact) mass is 310 g/mol. The van der Waals surface area contributed by atoms with Crippen molar-refractivity contribution in [1.29, 1.82) is 0 Å². The molecule has 1 unspecified atom stereocenters. The summed E-state index contributed by atoms with van der Waals surface area (Å²) < 4.78 is 12.9. The molecular weight excluding hydrogens is 295 g/mol. The van der Waals surface area contributed by atoms with E-state index >= 15 is 0 Å². The molecular formula is C15H16ClFN2O2. The zero-order chi connectivity index (χ0) is 15.0. The summed E-state index contributed by atoms with van der Waals surface area (Å²) in [5.41, 5.74) is 0.662. The van der Waals surface area contributed by atoms with Crippen LogP contribution in [0.1, 0.15) is 24.8 Å². The van der Waals surface area contributed by atoms with Crippen molar-refractivity contribution >= 4 is 23.4 Å². The average molecular weight is 311 g/mol. The molecule has 1 N–H and O–H groups in total. The molecule has 0 aromatic heterocycles. The molecule has 1 heterocycles. The Balaban J connectivity index is 1.56. The number of carbonyl (C=O) groups is 2. The quantitative estimate of drug-likeness (QED) is 0.926. The lowest BCUT2D eigenvalue weighted by Gasteiger charge is -2.15. The zero-order valence-corrected chi connectivity index (χ0v) is 12.2. The molecule has 21 heavy (non-hydrogen) atoms. The van der Waals surface area contributed by atoms with Crippen LogP contribution in [0.5, 0.6) is 0 Å². The lowest BCUT2D eigenvalue weighted by molar-refractivity contribution is -0.129. The van der Waals surface area contributed by atoms with Crippen LogP contribution in [0.15, 0.2) is 18.2 Å². The number of hydrogen-bond donors (Lipinski definition) is 1. The van der Waals surface area contributed by atoms with Crippen LogP contribution in [0.3, 0.4) is 0 Å². The Hall–Kier alpha value is -1.62. The molecule has 1 aromatic carbocycles. The summed E-state index contributed by atoms with van der Waals surface area (Å²) in [6, 6.07) is 4.42. The first kappa shape index (κ1) is 14.3. The number of benzene rings is 1. The van der Waals surface area contributed by atoms with E-state index in [1.165, 1.54) is 12.1 Å². The van der Waals surface area contributed by atoms with Gasteiger partial charge in [-0.3, -0.25) is 9.59 Å². The summed E-state index contributed by atoms with van der Waals surface area (Å²) in [6.07, 6.45) is 2.37. The highest BCUT2D eigenvalue weighted by Gasteiger charge is 2.41. The van der Waals surface area contributed by atoms with Gasteiger partial charge in [-0.1, -0.05) is 17.7 Å². The van der Waals surface area contributed by atoms with Gasteiger partial charge in [0.05, 0.1) is 5.92 Å². The van der Waals surface area contributed by atoms with Gasteiger partial charge in [-0.05, 0) is 30.5 Å². The maximum absolute atomic E-state index is 12.9. The number of nitrogens with one attached hydrogen (secondary N) is 1. The summed E-state index contributed by atoms with van der Waals surface area (Å²) in [6.45, 7) is 0.749. The highest BCUT2D eigenvalue weighted by Crippen LogP contribution is 2.32. The van der Waals surface area contributed by atoms with Crippen LogP contribution in [0.2, 0.25) is 5.02 Å². The van der Waals surface area contributed by atoms with Crippen LogP contribution in [-0.4, -0.2) is 29.3 Å². The number of carbonyl (C=O) groups excluding carboxylic acids is 2. The van der Waals surface area contributed by atoms with Gasteiger partial charge >= 0.3 is 0 Å². The molecule has 0 bridgehead atoms. The van der Waals surface area contributed by atoms with Gasteiger partial charge in [-0.2, -0.15) is 0 Å². The van der Waals surface area contributed by atoms with Crippen molar-refractivity contribution in [2.45, 2.75) is 31.8 Å². The second kappa shape index (κ2) is 5.64. The van der Waals surface area contributed by atoms with Crippen LogP contribution in [0.4, 0.5) is 4.39 Å².